The van der Waals surface area contributed by atoms with E-state index in [1.165, 1.54) is 63.4 Å². The van der Waals surface area contributed by atoms with Gasteiger partial charge in [-0.2, -0.15) is 0 Å². The molecule has 0 aromatic heterocycles. The maximum atomic E-state index is 13.5. The maximum absolute atomic E-state index is 13.5. The standard InChI is InChI=1S/C44H73N4O3/c1-30(2)33-12-17-44(29-51-39(49)32(4)48-26-22-46-23-27-48)19-18-42(8)34(38(33)44)10-11-36-41(7)15-14-37(40(5,6)35(41)13-16-43(36,42)9)50-28-31(3)47-24-20-45-21-25-47/h22,26,31-38,45H,1,10-21,23-25,27-29H2,2-9H3/q+1/t31?,32?,33-,34?,35?,36?,37-,38?,41-,42+,43+,44+/m0/s1. The van der Waals surface area contributed by atoms with Crippen LogP contribution in [0, 0.1) is 56.7 Å². The Kier molecular flexibility index (Phi) is 10.3. The van der Waals surface area contributed by atoms with E-state index >= 15 is 0 Å². The molecule has 1 N–H and O–H groups in total. The zero-order valence-corrected chi connectivity index (χ0v) is 33.8. The van der Waals surface area contributed by atoms with Gasteiger partial charge in [-0.25, -0.2) is 9.37 Å². The summed E-state index contributed by atoms with van der Waals surface area (Å²) in [5, 5.41) is 3.50. The summed E-state index contributed by atoms with van der Waals surface area (Å²) in [7, 11) is 0. The van der Waals surface area contributed by atoms with Crippen LogP contribution < -0.4 is 5.32 Å². The van der Waals surface area contributed by atoms with Gasteiger partial charge in [0.2, 0.25) is 6.04 Å². The van der Waals surface area contributed by atoms with E-state index in [2.05, 4.69) is 74.8 Å². The average molecular weight is 706 g/mol. The number of ether oxygens (including phenoxy) is 2. The van der Waals surface area contributed by atoms with Crippen molar-refractivity contribution in [2.75, 3.05) is 52.5 Å². The lowest BCUT2D eigenvalue weighted by Crippen LogP contribution is -2.67. The minimum atomic E-state index is -0.274. The van der Waals surface area contributed by atoms with E-state index in [4.69, 9.17) is 9.47 Å². The van der Waals surface area contributed by atoms with Crippen molar-refractivity contribution in [3.8, 4) is 0 Å². The molecule has 7 nitrogen and oxygen atoms in total. The molecule has 6 unspecified atom stereocenters. The number of allylic oxidation sites excluding steroid dienone is 1. The molecule has 7 heteroatoms. The van der Waals surface area contributed by atoms with Crippen LogP contribution in [0.25, 0.3) is 0 Å². The average Bonchev–Trinajstić information content (AvgIpc) is 3.51. The minimum Gasteiger partial charge on any atom is -0.460 e. The van der Waals surface area contributed by atoms with Crippen molar-refractivity contribution in [2.24, 2.45) is 61.7 Å². The van der Waals surface area contributed by atoms with Gasteiger partial charge in [-0.15, -0.1) is 0 Å². The molecular weight excluding hydrogens is 633 g/mol. The van der Waals surface area contributed by atoms with Crippen LogP contribution in [0.15, 0.2) is 17.1 Å². The lowest BCUT2D eigenvalue weighted by Gasteiger charge is -2.73. The highest BCUT2D eigenvalue weighted by Crippen LogP contribution is 2.77. The SMILES string of the molecule is C=C(C)[C@@H]1CC[C@]2(COC(=O)C(C)[N+]3=CC=NCC3)CC[C@]3(C)C(CCC4[C@@]5(C)CC[C@H](OCC(C)N6CCNCC6)C(C)(C)C5CC[C@]43C)C12. The Morgan fingerprint density at radius 1 is 0.961 bits per heavy atom. The van der Waals surface area contributed by atoms with E-state index in [1.54, 1.807) is 0 Å². The normalized spacial score (nSPS) is 44.6. The van der Waals surface area contributed by atoms with Crippen molar-refractivity contribution in [1.82, 2.24) is 10.2 Å². The Labute approximate surface area is 310 Å². The van der Waals surface area contributed by atoms with Crippen molar-refractivity contribution in [3.63, 3.8) is 0 Å². The Morgan fingerprint density at radius 3 is 2.43 bits per heavy atom. The topological polar surface area (TPSA) is 66.2 Å². The second kappa shape index (κ2) is 13.9. The van der Waals surface area contributed by atoms with Crippen LogP contribution in [0.2, 0.25) is 0 Å². The van der Waals surface area contributed by atoms with Crippen LogP contribution in [0.3, 0.4) is 0 Å². The Hall–Kier alpha value is -1.57. The summed E-state index contributed by atoms with van der Waals surface area (Å²) in [6.07, 6.45) is 16.7. The number of fused-ring (bicyclic) bond motifs is 7. The van der Waals surface area contributed by atoms with Gasteiger partial charge in [-0.05, 0) is 129 Å². The van der Waals surface area contributed by atoms with Gasteiger partial charge in [0.05, 0.1) is 32.1 Å². The third-order valence-corrected chi connectivity index (χ3v) is 17.7. The van der Waals surface area contributed by atoms with Gasteiger partial charge in [0.25, 0.3) is 0 Å². The molecule has 1 saturated heterocycles. The molecule has 7 rings (SSSR count). The molecule has 0 spiro atoms. The first kappa shape index (κ1) is 37.7. The van der Waals surface area contributed by atoms with Crippen molar-refractivity contribution < 1.29 is 18.8 Å². The van der Waals surface area contributed by atoms with E-state index in [1.807, 2.05) is 19.4 Å². The first-order chi connectivity index (χ1) is 24.2. The van der Waals surface area contributed by atoms with Crippen molar-refractivity contribution in [3.05, 3.63) is 12.2 Å². The molecule has 12 atom stereocenters. The van der Waals surface area contributed by atoms with Crippen molar-refractivity contribution in [1.29, 1.82) is 0 Å². The fourth-order valence-electron chi connectivity index (χ4n) is 14.5. The van der Waals surface area contributed by atoms with E-state index in [-0.39, 0.29) is 28.3 Å². The second-order valence-electron chi connectivity index (χ2n) is 20.1. The number of rotatable bonds is 9. The molecule has 0 aromatic carbocycles. The number of esters is 1. The predicted molar refractivity (Wildman–Crippen MR) is 208 cm³/mol. The molecule has 2 heterocycles. The number of carbonyl (C=O) groups is 1. The third-order valence-electron chi connectivity index (χ3n) is 17.7. The van der Waals surface area contributed by atoms with Crippen LogP contribution in [-0.4, -0.2) is 98.5 Å². The van der Waals surface area contributed by atoms with Crippen molar-refractivity contribution in [2.45, 2.75) is 138 Å². The molecule has 7 aliphatic rings. The van der Waals surface area contributed by atoms with Crippen LogP contribution in [0.5, 0.6) is 0 Å². The quantitative estimate of drug-likeness (QED) is 0.154. The van der Waals surface area contributed by atoms with E-state index in [0.717, 1.165) is 58.2 Å². The van der Waals surface area contributed by atoms with Gasteiger partial charge < -0.3 is 14.8 Å². The summed E-state index contributed by atoms with van der Waals surface area (Å²) >= 11 is 0. The monoisotopic (exact) mass is 706 g/mol. The van der Waals surface area contributed by atoms with Crippen LogP contribution in [-0.2, 0) is 14.3 Å². The van der Waals surface area contributed by atoms with Gasteiger partial charge >= 0.3 is 5.97 Å². The minimum absolute atomic E-state index is 0.0692. The molecular formula is C44H73N4O3+. The second-order valence-corrected chi connectivity index (χ2v) is 20.1. The summed E-state index contributed by atoms with van der Waals surface area (Å²) in [5.41, 5.74) is 2.53. The highest BCUT2D eigenvalue weighted by atomic mass is 16.5. The molecule has 0 bridgehead atoms. The molecule has 2 aliphatic heterocycles. The first-order valence-electron chi connectivity index (χ1n) is 21.2. The highest BCUT2D eigenvalue weighted by Gasteiger charge is 2.71. The van der Waals surface area contributed by atoms with Gasteiger partial charge in [0.1, 0.15) is 0 Å². The number of aliphatic imine (C=N–C) groups is 1. The van der Waals surface area contributed by atoms with Gasteiger partial charge in [-0.3, -0.25) is 9.89 Å². The molecule has 5 aliphatic carbocycles. The fourth-order valence-corrected chi connectivity index (χ4v) is 14.5. The smallest absolute Gasteiger partial charge is 0.375 e. The van der Waals surface area contributed by atoms with E-state index < -0.39 is 0 Å². The molecule has 286 valence electrons. The predicted octanol–water partition coefficient (Wildman–Crippen LogP) is 7.42. The summed E-state index contributed by atoms with van der Waals surface area (Å²) < 4.78 is 15.4. The Balaban J connectivity index is 1.09. The molecule has 0 radical (unpaired) electrons. The molecule has 0 amide bonds. The summed E-state index contributed by atoms with van der Waals surface area (Å²) in [6, 6.07) is 0.206. The van der Waals surface area contributed by atoms with Crippen LogP contribution in [0.4, 0.5) is 0 Å². The maximum Gasteiger partial charge on any atom is 0.375 e. The van der Waals surface area contributed by atoms with E-state index in [9.17, 15) is 4.79 Å². The van der Waals surface area contributed by atoms with Gasteiger partial charge in [0, 0.05) is 44.6 Å². The lowest BCUT2D eigenvalue weighted by atomic mass is 9.32. The lowest BCUT2D eigenvalue weighted by molar-refractivity contribution is -0.544. The summed E-state index contributed by atoms with van der Waals surface area (Å²) in [5.74, 6) is 3.08. The number of hydrogen-bond donors (Lipinski definition) is 1. The highest BCUT2D eigenvalue weighted by molar-refractivity contribution is 6.14. The summed E-state index contributed by atoms with van der Waals surface area (Å²) in [4.78, 5) is 20.4. The number of nitrogens with zero attached hydrogens (tertiary/aromatic N) is 3. The van der Waals surface area contributed by atoms with E-state index in [0.29, 0.717) is 53.3 Å². The largest absolute Gasteiger partial charge is 0.460 e. The number of hydrogen-bond acceptors (Lipinski definition) is 6. The Morgan fingerprint density at radius 2 is 1.73 bits per heavy atom. The first-order valence-corrected chi connectivity index (χ1v) is 21.2. The van der Waals surface area contributed by atoms with Crippen LogP contribution >= 0.6 is 0 Å². The molecule has 51 heavy (non-hydrogen) atoms. The number of carbonyl (C=O) groups excluding carboxylic acids is 1. The van der Waals surface area contributed by atoms with Crippen LogP contribution in [0.1, 0.15) is 120 Å². The van der Waals surface area contributed by atoms with Gasteiger partial charge in [0.15, 0.2) is 12.8 Å². The van der Waals surface area contributed by atoms with Gasteiger partial charge in [-0.1, -0.05) is 46.8 Å². The number of nitrogens with one attached hydrogen (secondary N) is 1. The third kappa shape index (κ3) is 6.14. The zero-order chi connectivity index (χ0) is 36.4. The Bertz CT molecular complexity index is 1390. The fraction of sp³-hybridized carbons (Fsp3) is 0.886. The zero-order valence-electron chi connectivity index (χ0n) is 33.8. The van der Waals surface area contributed by atoms with Crippen molar-refractivity contribution >= 4 is 18.4 Å². The molecule has 0 aromatic rings. The number of piperazine rings is 1. The molecule has 6 fully saturated rings. The summed E-state index contributed by atoms with van der Waals surface area (Å²) in [6.45, 7) is 31.9. The molecule has 5 saturated carbocycles.